The minimum Gasteiger partial charge on any atom is -0.464 e. The van der Waals surface area contributed by atoms with Crippen molar-refractivity contribution >= 4 is 17.7 Å². The van der Waals surface area contributed by atoms with Crippen LogP contribution in [-0.2, 0) is 9.53 Å². The van der Waals surface area contributed by atoms with E-state index < -0.39 is 12.1 Å². The summed E-state index contributed by atoms with van der Waals surface area (Å²) in [7, 11) is 0. The SMILES string of the molecule is CCOC(=O)C(O)c1ccccc1SC1CCC1. The van der Waals surface area contributed by atoms with Gasteiger partial charge in [-0.1, -0.05) is 24.6 Å². The predicted octanol–water partition coefficient (Wildman–Crippen LogP) is 2.93. The number of benzene rings is 1. The molecule has 0 radical (unpaired) electrons. The van der Waals surface area contributed by atoms with Crippen molar-refractivity contribution in [3.05, 3.63) is 29.8 Å². The molecular weight excluding hydrogens is 248 g/mol. The second-order valence-corrected chi connectivity index (χ2v) is 5.71. The lowest BCUT2D eigenvalue weighted by molar-refractivity contribution is -0.153. The highest BCUT2D eigenvalue weighted by Crippen LogP contribution is 2.39. The third kappa shape index (κ3) is 3.06. The average Bonchev–Trinajstić information content (AvgIpc) is 2.34. The van der Waals surface area contributed by atoms with Gasteiger partial charge in [-0.05, 0) is 25.8 Å². The van der Waals surface area contributed by atoms with E-state index in [1.807, 2.05) is 18.2 Å². The van der Waals surface area contributed by atoms with Crippen LogP contribution in [0.4, 0.5) is 0 Å². The van der Waals surface area contributed by atoms with Gasteiger partial charge in [0.05, 0.1) is 6.61 Å². The first-order valence-electron chi connectivity index (χ1n) is 6.32. The Morgan fingerprint density at radius 3 is 2.83 bits per heavy atom. The summed E-state index contributed by atoms with van der Waals surface area (Å²) in [6.45, 7) is 2.02. The highest BCUT2D eigenvalue weighted by molar-refractivity contribution is 8.00. The standard InChI is InChI=1S/C14H18O3S/c1-2-17-14(16)13(15)11-8-3-4-9-12(11)18-10-6-5-7-10/h3-4,8-10,13,15H,2,5-7H2,1H3. The highest BCUT2D eigenvalue weighted by atomic mass is 32.2. The smallest absolute Gasteiger partial charge is 0.339 e. The number of hydrogen-bond acceptors (Lipinski definition) is 4. The molecule has 3 nitrogen and oxygen atoms in total. The molecule has 0 spiro atoms. The maximum Gasteiger partial charge on any atom is 0.339 e. The summed E-state index contributed by atoms with van der Waals surface area (Å²) >= 11 is 1.75. The summed E-state index contributed by atoms with van der Waals surface area (Å²) in [5, 5.41) is 10.6. The number of ether oxygens (including phenoxy) is 1. The Morgan fingerprint density at radius 1 is 1.50 bits per heavy atom. The molecule has 18 heavy (non-hydrogen) atoms. The van der Waals surface area contributed by atoms with E-state index in [9.17, 15) is 9.90 Å². The van der Waals surface area contributed by atoms with Gasteiger partial charge in [0.25, 0.3) is 0 Å². The van der Waals surface area contributed by atoms with Crippen LogP contribution in [0.1, 0.15) is 37.9 Å². The Bertz CT molecular complexity index is 415. The maximum atomic E-state index is 11.6. The second kappa shape index (κ2) is 6.25. The lowest BCUT2D eigenvalue weighted by atomic mass is 10.00. The van der Waals surface area contributed by atoms with Crippen molar-refractivity contribution < 1.29 is 14.6 Å². The molecule has 1 atom stereocenters. The quantitative estimate of drug-likeness (QED) is 0.832. The highest BCUT2D eigenvalue weighted by Gasteiger charge is 2.25. The topological polar surface area (TPSA) is 46.5 Å². The van der Waals surface area contributed by atoms with Crippen LogP contribution in [-0.4, -0.2) is 22.9 Å². The van der Waals surface area contributed by atoms with Crippen molar-refractivity contribution in [2.24, 2.45) is 0 Å². The molecule has 0 bridgehead atoms. The Morgan fingerprint density at radius 2 is 2.22 bits per heavy atom. The second-order valence-electron chi connectivity index (χ2n) is 4.36. The van der Waals surface area contributed by atoms with E-state index in [-0.39, 0.29) is 6.61 Å². The van der Waals surface area contributed by atoms with Crippen LogP contribution in [0.5, 0.6) is 0 Å². The van der Waals surface area contributed by atoms with E-state index in [2.05, 4.69) is 0 Å². The van der Waals surface area contributed by atoms with Gasteiger partial charge in [-0.3, -0.25) is 0 Å². The first-order valence-corrected chi connectivity index (χ1v) is 7.20. The number of aliphatic hydroxyl groups is 1. The van der Waals surface area contributed by atoms with Crippen LogP contribution in [0.3, 0.4) is 0 Å². The fourth-order valence-electron chi connectivity index (χ4n) is 1.83. The fourth-order valence-corrected chi connectivity index (χ4v) is 3.23. The zero-order valence-corrected chi connectivity index (χ0v) is 11.3. The Hall–Kier alpha value is -1.00. The summed E-state index contributed by atoms with van der Waals surface area (Å²) in [6.07, 6.45) is 2.54. The van der Waals surface area contributed by atoms with E-state index >= 15 is 0 Å². The minimum absolute atomic E-state index is 0.286. The van der Waals surface area contributed by atoms with Gasteiger partial charge in [-0.2, -0.15) is 0 Å². The molecule has 2 rings (SSSR count). The lowest BCUT2D eigenvalue weighted by Gasteiger charge is -2.26. The van der Waals surface area contributed by atoms with Crippen LogP contribution in [0.15, 0.2) is 29.2 Å². The molecule has 1 aromatic rings. The fraction of sp³-hybridized carbons (Fsp3) is 0.500. The van der Waals surface area contributed by atoms with E-state index in [4.69, 9.17) is 4.74 Å². The van der Waals surface area contributed by atoms with Crippen LogP contribution >= 0.6 is 11.8 Å². The maximum absolute atomic E-state index is 11.6. The molecule has 0 heterocycles. The molecular formula is C14H18O3S. The number of esters is 1. The Kier molecular flexibility index (Phi) is 4.66. The summed E-state index contributed by atoms with van der Waals surface area (Å²) in [6, 6.07) is 7.52. The van der Waals surface area contributed by atoms with Crippen molar-refractivity contribution in [1.82, 2.24) is 0 Å². The normalized spacial score (nSPS) is 17.0. The number of thioether (sulfide) groups is 1. The molecule has 1 aromatic carbocycles. The largest absolute Gasteiger partial charge is 0.464 e. The minimum atomic E-state index is -1.17. The van der Waals surface area contributed by atoms with Crippen LogP contribution in [0.2, 0.25) is 0 Å². The number of rotatable bonds is 5. The summed E-state index contributed by atoms with van der Waals surface area (Å²) in [5.41, 5.74) is 0.660. The third-order valence-corrected chi connectivity index (χ3v) is 4.50. The Balaban J connectivity index is 2.12. The molecule has 98 valence electrons. The van der Waals surface area contributed by atoms with Crippen molar-refractivity contribution in [2.45, 2.75) is 42.4 Å². The molecule has 4 heteroatoms. The van der Waals surface area contributed by atoms with Crippen molar-refractivity contribution in [2.75, 3.05) is 6.61 Å². The number of carbonyl (C=O) groups is 1. The molecule has 1 aliphatic carbocycles. The molecule has 1 N–H and O–H groups in total. The third-order valence-electron chi connectivity index (χ3n) is 3.07. The van der Waals surface area contributed by atoms with E-state index in [0.29, 0.717) is 10.8 Å². The molecule has 1 aliphatic rings. The monoisotopic (exact) mass is 266 g/mol. The van der Waals surface area contributed by atoms with Gasteiger partial charge >= 0.3 is 5.97 Å². The molecule has 1 saturated carbocycles. The first kappa shape index (κ1) is 13.4. The van der Waals surface area contributed by atoms with Crippen LogP contribution in [0.25, 0.3) is 0 Å². The predicted molar refractivity (Wildman–Crippen MR) is 71.5 cm³/mol. The molecule has 0 aromatic heterocycles. The van der Waals surface area contributed by atoms with Gasteiger partial charge in [0, 0.05) is 15.7 Å². The zero-order chi connectivity index (χ0) is 13.0. The number of aliphatic hydroxyl groups excluding tert-OH is 1. The van der Waals surface area contributed by atoms with Crippen LogP contribution < -0.4 is 0 Å². The van der Waals surface area contributed by atoms with Gasteiger partial charge in [-0.15, -0.1) is 11.8 Å². The summed E-state index contributed by atoms with van der Waals surface area (Å²) in [5.74, 6) is -0.570. The molecule has 1 fully saturated rings. The van der Waals surface area contributed by atoms with Gasteiger partial charge in [0.2, 0.25) is 0 Å². The molecule has 0 aliphatic heterocycles. The number of carbonyl (C=O) groups excluding carboxylic acids is 1. The van der Waals surface area contributed by atoms with Crippen molar-refractivity contribution in [3.63, 3.8) is 0 Å². The summed E-state index contributed by atoms with van der Waals surface area (Å²) < 4.78 is 4.86. The molecule has 1 unspecified atom stereocenters. The lowest BCUT2D eigenvalue weighted by Crippen LogP contribution is -2.17. The van der Waals surface area contributed by atoms with E-state index in [1.54, 1.807) is 24.8 Å². The molecule has 0 amide bonds. The van der Waals surface area contributed by atoms with Gasteiger partial charge < -0.3 is 9.84 Å². The molecule has 0 saturated heterocycles. The zero-order valence-electron chi connectivity index (χ0n) is 10.5. The summed E-state index contributed by atoms with van der Waals surface area (Å²) in [4.78, 5) is 12.6. The van der Waals surface area contributed by atoms with Gasteiger partial charge in [0.1, 0.15) is 0 Å². The number of hydrogen-bond donors (Lipinski definition) is 1. The average molecular weight is 266 g/mol. The van der Waals surface area contributed by atoms with Crippen molar-refractivity contribution in [1.29, 1.82) is 0 Å². The van der Waals surface area contributed by atoms with Gasteiger partial charge in [-0.25, -0.2) is 4.79 Å². The van der Waals surface area contributed by atoms with E-state index in [1.165, 1.54) is 19.3 Å². The van der Waals surface area contributed by atoms with Gasteiger partial charge in [0.15, 0.2) is 6.10 Å². The Labute approximate surface area is 112 Å². The van der Waals surface area contributed by atoms with Crippen molar-refractivity contribution in [3.8, 4) is 0 Å². The van der Waals surface area contributed by atoms with Crippen LogP contribution in [0, 0.1) is 0 Å². The van der Waals surface area contributed by atoms with E-state index in [0.717, 1.165) is 4.90 Å². The first-order chi connectivity index (χ1) is 8.72.